The van der Waals surface area contributed by atoms with Crippen molar-refractivity contribution in [2.75, 3.05) is 7.11 Å². The number of carbonyl (C=O) groups is 5. The summed E-state index contributed by atoms with van der Waals surface area (Å²) in [6.07, 6.45) is -1.13. The van der Waals surface area contributed by atoms with Crippen LogP contribution in [0.3, 0.4) is 0 Å². The first-order valence-electron chi connectivity index (χ1n) is 8.47. The molecule has 1 atom stereocenters. The van der Waals surface area contributed by atoms with Crippen molar-refractivity contribution in [2.24, 2.45) is 0 Å². The number of methoxy groups -OCH3 is 1. The van der Waals surface area contributed by atoms with Gasteiger partial charge in [-0.2, -0.15) is 0 Å². The van der Waals surface area contributed by atoms with E-state index in [0.717, 1.165) is 13.8 Å². The van der Waals surface area contributed by atoms with Crippen LogP contribution in [0.1, 0.15) is 45.1 Å². The lowest BCUT2D eigenvalue weighted by molar-refractivity contribution is -0.186. The first kappa shape index (κ1) is 23.6. The number of hydrogen-bond donors (Lipinski definition) is 1. The van der Waals surface area contributed by atoms with Crippen molar-refractivity contribution in [3.8, 4) is 5.75 Å². The summed E-state index contributed by atoms with van der Waals surface area (Å²) in [6, 6.07) is 4.36. The molecule has 1 N–H and O–H groups in total. The molecule has 10 heteroatoms. The Balaban J connectivity index is 3.45. The van der Waals surface area contributed by atoms with Crippen molar-refractivity contribution in [2.45, 2.75) is 45.9 Å². The molecular weight excluding hydrogens is 386 g/mol. The summed E-state index contributed by atoms with van der Waals surface area (Å²) in [5.41, 5.74) is -0.849. The molecule has 0 aliphatic rings. The second-order valence-electron chi connectivity index (χ2n) is 6.28. The Morgan fingerprint density at radius 1 is 1.07 bits per heavy atom. The number of carbonyl (C=O) groups excluding carboxylic acids is 5. The largest absolute Gasteiger partial charge is 0.467 e. The molecule has 1 aromatic carbocycles. The summed E-state index contributed by atoms with van der Waals surface area (Å²) in [5.74, 6) is -2.82. The predicted molar refractivity (Wildman–Crippen MR) is 97.3 cm³/mol. The Bertz CT molecular complexity index is 789. The molecule has 29 heavy (non-hydrogen) atoms. The molecule has 0 aliphatic carbocycles. The maximum atomic E-state index is 12.1. The van der Waals surface area contributed by atoms with Gasteiger partial charge in [0.1, 0.15) is 11.3 Å². The second kappa shape index (κ2) is 10.2. The lowest BCUT2D eigenvalue weighted by Crippen LogP contribution is -2.51. The zero-order valence-corrected chi connectivity index (χ0v) is 16.8. The maximum Gasteiger partial charge on any atom is 0.331 e. The van der Waals surface area contributed by atoms with E-state index in [1.165, 1.54) is 39.2 Å². The number of amides is 1. The molecule has 0 radical (unpaired) electrons. The Kier molecular flexibility index (Phi) is 8.31. The van der Waals surface area contributed by atoms with E-state index in [4.69, 9.17) is 18.9 Å². The van der Waals surface area contributed by atoms with Gasteiger partial charge in [-0.05, 0) is 24.6 Å². The second-order valence-corrected chi connectivity index (χ2v) is 6.28. The van der Waals surface area contributed by atoms with Gasteiger partial charge in [0.05, 0.1) is 12.7 Å². The Morgan fingerprint density at radius 2 is 1.66 bits per heavy atom. The Hall–Kier alpha value is -3.43. The summed E-state index contributed by atoms with van der Waals surface area (Å²) >= 11 is 0. The van der Waals surface area contributed by atoms with Crippen LogP contribution >= 0.6 is 0 Å². The Labute approximate surface area is 167 Å². The van der Waals surface area contributed by atoms with Crippen molar-refractivity contribution in [1.82, 2.24) is 5.32 Å². The predicted octanol–water partition coefficient (Wildman–Crippen LogP) is 0.957. The van der Waals surface area contributed by atoms with Crippen molar-refractivity contribution >= 4 is 30.3 Å². The van der Waals surface area contributed by atoms with E-state index in [1.54, 1.807) is 0 Å². The highest BCUT2D eigenvalue weighted by atomic mass is 16.7. The van der Waals surface area contributed by atoms with Crippen molar-refractivity contribution in [3.63, 3.8) is 0 Å². The van der Waals surface area contributed by atoms with Crippen LogP contribution in [-0.2, 0) is 44.6 Å². The van der Waals surface area contributed by atoms with E-state index in [9.17, 15) is 24.0 Å². The molecule has 0 heterocycles. The van der Waals surface area contributed by atoms with E-state index >= 15 is 0 Å². The molecule has 0 bridgehead atoms. The highest BCUT2D eigenvalue weighted by molar-refractivity contribution is 5.83. The zero-order chi connectivity index (χ0) is 22.2. The van der Waals surface area contributed by atoms with Crippen LogP contribution < -0.4 is 10.1 Å². The van der Waals surface area contributed by atoms with Gasteiger partial charge in [-0.1, -0.05) is 6.07 Å². The van der Waals surface area contributed by atoms with E-state index < -0.39 is 35.7 Å². The van der Waals surface area contributed by atoms with Crippen LogP contribution in [0.4, 0.5) is 0 Å². The summed E-state index contributed by atoms with van der Waals surface area (Å²) in [6.45, 7) is 4.87. The Morgan fingerprint density at radius 3 is 2.10 bits per heavy atom. The molecule has 0 unspecified atom stereocenters. The highest BCUT2D eigenvalue weighted by Gasteiger charge is 2.35. The van der Waals surface area contributed by atoms with Gasteiger partial charge in [0.15, 0.2) is 0 Å². The van der Waals surface area contributed by atoms with Crippen LogP contribution in [0.2, 0.25) is 0 Å². The highest BCUT2D eigenvalue weighted by Crippen LogP contribution is 2.32. The molecule has 10 nitrogen and oxygen atoms in total. The molecule has 1 amide bonds. The van der Waals surface area contributed by atoms with Gasteiger partial charge in [-0.25, -0.2) is 4.79 Å². The normalized spacial score (nSPS) is 12.3. The third-order valence-corrected chi connectivity index (χ3v) is 3.70. The van der Waals surface area contributed by atoms with E-state index in [2.05, 4.69) is 5.32 Å². The van der Waals surface area contributed by atoms with Crippen LogP contribution in [0.15, 0.2) is 18.2 Å². The fourth-order valence-corrected chi connectivity index (χ4v) is 2.54. The number of rotatable bonds is 9. The van der Waals surface area contributed by atoms with Gasteiger partial charge in [-0.15, -0.1) is 0 Å². The fraction of sp³-hybridized carbons (Fsp3) is 0.421. The standard InChI is InChI=1S/C19H23NO9/c1-11(22)27-16-7-6-14(9-19(4,20-10-21)18(25)26-5)8-15(16)17(28-12(2)23)29-13(3)24/h6-8,10,17H,9H2,1-5H3,(H,20,21)/t19-/m1/s1. The van der Waals surface area contributed by atoms with E-state index in [-0.39, 0.29) is 17.7 Å². The average molecular weight is 409 g/mol. The van der Waals surface area contributed by atoms with E-state index in [1.807, 2.05) is 0 Å². The molecule has 0 fully saturated rings. The number of benzene rings is 1. The van der Waals surface area contributed by atoms with Crippen molar-refractivity contribution in [1.29, 1.82) is 0 Å². The fourth-order valence-electron chi connectivity index (χ4n) is 2.54. The lowest BCUT2D eigenvalue weighted by atomic mass is 9.92. The third kappa shape index (κ3) is 6.91. The summed E-state index contributed by atoms with van der Waals surface area (Å²) in [4.78, 5) is 57.3. The summed E-state index contributed by atoms with van der Waals surface area (Å²) in [5, 5.41) is 2.41. The van der Waals surface area contributed by atoms with Gasteiger partial charge in [0.2, 0.25) is 6.41 Å². The topological polar surface area (TPSA) is 134 Å². The van der Waals surface area contributed by atoms with Gasteiger partial charge < -0.3 is 24.3 Å². The minimum atomic E-state index is -1.48. The van der Waals surface area contributed by atoms with Gasteiger partial charge in [-0.3, -0.25) is 19.2 Å². The minimum absolute atomic E-state index is 0.00290. The van der Waals surface area contributed by atoms with Gasteiger partial charge >= 0.3 is 23.9 Å². The molecule has 158 valence electrons. The molecule has 1 aromatic rings. The molecule has 0 saturated carbocycles. The smallest absolute Gasteiger partial charge is 0.331 e. The summed E-state index contributed by atoms with van der Waals surface area (Å²) < 4.78 is 19.9. The molecular formula is C19H23NO9. The zero-order valence-electron chi connectivity index (χ0n) is 16.8. The molecule has 0 spiro atoms. The van der Waals surface area contributed by atoms with Crippen LogP contribution in [0.5, 0.6) is 5.75 Å². The summed E-state index contributed by atoms with van der Waals surface area (Å²) in [7, 11) is 1.18. The van der Waals surface area contributed by atoms with Crippen LogP contribution in [0, 0.1) is 0 Å². The first-order valence-corrected chi connectivity index (χ1v) is 8.47. The number of ether oxygens (including phenoxy) is 4. The third-order valence-electron chi connectivity index (χ3n) is 3.70. The number of nitrogens with one attached hydrogen (secondary N) is 1. The molecule has 1 rings (SSSR count). The van der Waals surface area contributed by atoms with Crippen molar-refractivity contribution in [3.05, 3.63) is 29.3 Å². The quantitative estimate of drug-likeness (QED) is 0.274. The maximum absolute atomic E-state index is 12.1. The van der Waals surface area contributed by atoms with Crippen molar-refractivity contribution < 1.29 is 42.9 Å². The van der Waals surface area contributed by atoms with Crippen LogP contribution in [-0.4, -0.2) is 42.9 Å². The lowest BCUT2D eigenvalue weighted by Gasteiger charge is -2.27. The van der Waals surface area contributed by atoms with Gasteiger partial charge in [0.25, 0.3) is 6.29 Å². The van der Waals surface area contributed by atoms with Gasteiger partial charge in [0, 0.05) is 27.2 Å². The van der Waals surface area contributed by atoms with E-state index in [0.29, 0.717) is 12.0 Å². The molecule has 0 aliphatic heterocycles. The van der Waals surface area contributed by atoms with Crippen LogP contribution in [0.25, 0.3) is 0 Å². The SMILES string of the molecule is COC(=O)[C@@](C)(Cc1ccc(OC(C)=O)c(C(OC(C)=O)OC(C)=O)c1)NC=O. The first-order chi connectivity index (χ1) is 13.5. The number of hydrogen-bond acceptors (Lipinski definition) is 9. The molecule has 0 saturated heterocycles. The average Bonchev–Trinajstić information content (AvgIpc) is 2.60. The number of esters is 4. The molecule has 0 aromatic heterocycles. The monoisotopic (exact) mass is 409 g/mol. The minimum Gasteiger partial charge on any atom is -0.467 e.